The van der Waals surface area contributed by atoms with Gasteiger partial charge in [0.25, 0.3) is 0 Å². The van der Waals surface area contributed by atoms with E-state index in [0.717, 1.165) is 17.5 Å². The molecule has 2 aromatic heterocycles. The molecule has 0 saturated carbocycles. The fourth-order valence-corrected chi connectivity index (χ4v) is 3.64. The monoisotopic (exact) mass is 289 g/mol. The van der Waals surface area contributed by atoms with Gasteiger partial charge in [0.05, 0.1) is 35.2 Å². The van der Waals surface area contributed by atoms with E-state index < -0.39 is 0 Å². The molecule has 6 nitrogen and oxygen atoms in total. The molecular formula is C15H23N5O. The van der Waals surface area contributed by atoms with Gasteiger partial charge in [-0.2, -0.15) is 5.10 Å². The van der Waals surface area contributed by atoms with Crippen molar-refractivity contribution in [1.82, 2.24) is 20.0 Å². The van der Waals surface area contributed by atoms with E-state index in [2.05, 4.69) is 43.2 Å². The molecule has 1 saturated heterocycles. The molecule has 2 aromatic rings. The van der Waals surface area contributed by atoms with Crippen molar-refractivity contribution in [2.75, 3.05) is 0 Å². The highest BCUT2D eigenvalue weighted by Crippen LogP contribution is 2.47. The number of nitrogens with zero attached hydrogens (tertiary/aromatic N) is 3. The van der Waals surface area contributed by atoms with Crippen LogP contribution in [0.3, 0.4) is 0 Å². The lowest BCUT2D eigenvalue weighted by Crippen LogP contribution is -2.41. The summed E-state index contributed by atoms with van der Waals surface area (Å²) in [6.45, 7) is 8.50. The van der Waals surface area contributed by atoms with Crippen LogP contribution in [0.5, 0.6) is 0 Å². The second-order valence-electron chi connectivity index (χ2n) is 6.93. The van der Waals surface area contributed by atoms with Crippen LogP contribution in [-0.2, 0) is 4.74 Å². The molecule has 1 aliphatic heterocycles. The van der Waals surface area contributed by atoms with Crippen molar-refractivity contribution in [3.8, 4) is 0 Å². The van der Waals surface area contributed by atoms with E-state index in [0.29, 0.717) is 0 Å². The Labute approximate surface area is 124 Å². The molecule has 3 N–H and O–H groups in total. The summed E-state index contributed by atoms with van der Waals surface area (Å²) in [5.74, 6) is 6.14. The lowest BCUT2D eigenvalue weighted by molar-refractivity contribution is -0.0778. The number of aromatic nitrogens is 3. The van der Waals surface area contributed by atoms with E-state index in [1.165, 1.54) is 0 Å². The number of nitrogens with two attached hydrogens (primary N) is 1. The largest absolute Gasteiger partial charge is 0.369 e. The van der Waals surface area contributed by atoms with Crippen LogP contribution >= 0.6 is 0 Å². The van der Waals surface area contributed by atoms with Gasteiger partial charge in [0, 0.05) is 23.9 Å². The second-order valence-corrected chi connectivity index (χ2v) is 6.93. The third-order valence-corrected chi connectivity index (χ3v) is 4.42. The van der Waals surface area contributed by atoms with Crippen LogP contribution in [0.2, 0.25) is 0 Å². The minimum Gasteiger partial charge on any atom is -0.369 e. The lowest BCUT2D eigenvalue weighted by Gasteiger charge is -2.32. The fraction of sp³-hybridized carbons (Fsp3) is 0.600. The SMILES string of the molecule is CC1(C)CC(C(NN)c2cnn3ccncc23)C(C)(C)O1. The molecule has 6 heteroatoms. The van der Waals surface area contributed by atoms with E-state index >= 15 is 0 Å². The first-order valence-corrected chi connectivity index (χ1v) is 7.28. The maximum Gasteiger partial charge on any atom is 0.0893 e. The van der Waals surface area contributed by atoms with Gasteiger partial charge in [0.15, 0.2) is 0 Å². The van der Waals surface area contributed by atoms with Crippen LogP contribution in [0.25, 0.3) is 5.52 Å². The van der Waals surface area contributed by atoms with Gasteiger partial charge in [0.1, 0.15) is 0 Å². The number of fused-ring (bicyclic) bond motifs is 1. The highest BCUT2D eigenvalue weighted by Gasteiger charge is 2.49. The highest BCUT2D eigenvalue weighted by atomic mass is 16.5. The predicted octanol–water partition coefficient (Wildman–Crippen LogP) is 1.83. The first-order chi connectivity index (χ1) is 9.84. The van der Waals surface area contributed by atoms with Gasteiger partial charge < -0.3 is 4.74 Å². The molecule has 2 unspecified atom stereocenters. The Bertz CT molecular complexity index is 648. The number of nitrogens with one attached hydrogen (secondary N) is 1. The van der Waals surface area contributed by atoms with Crippen LogP contribution in [0.4, 0.5) is 0 Å². The van der Waals surface area contributed by atoms with Crippen LogP contribution in [0, 0.1) is 5.92 Å². The molecule has 0 spiro atoms. The third-order valence-electron chi connectivity index (χ3n) is 4.42. The average Bonchev–Trinajstić information content (AvgIpc) is 2.90. The average molecular weight is 289 g/mol. The summed E-state index contributed by atoms with van der Waals surface area (Å²) < 4.78 is 8.02. The van der Waals surface area contributed by atoms with E-state index in [-0.39, 0.29) is 23.2 Å². The van der Waals surface area contributed by atoms with Gasteiger partial charge in [-0.05, 0) is 34.1 Å². The molecule has 1 aliphatic rings. The van der Waals surface area contributed by atoms with Crippen molar-refractivity contribution in [1.29, 1.82) is 0 Å². The van der Waals surface area contributed by atoms with E-state index in [4.69, 9.17) is 10.6 Å². The van der Waals surface area contributed by atoms with E-state index in [9.17, 15) is 0 Å². The Balaban J connectivity index is 2.03. The first-order valence-electron chi connectivity index (χ1n) is 7.28. The molecule has 2 atom stereocenters. The molecule has 0 bridgehead atoms. The maximum atomic E-state index is 6.20. The minimum absolute atomic E-state index is 0.0246. The van der Waals surface area contributed by atoms with Gasteiger partial charge in [-0.3, -0.25) is 16.3 Å². The summed E-state index contributed by atoms with van der Waals surface area (Å²) >= 11 is 0. The Morgan fingerprint density at radius 2 is 2.14 bits per heavy atom. The Morgan fingerprint density at radius 1 is 1.38 bits per heavy atom. The number of ether oxygens (including phenoxy) is 1. The standard InChI is InChI=1S/C15H23N5O/c1-14(2)7-11(15(3,4)21-14)13(19-16)10-8-18-20-6-5-17-9-12(10)20/h5-6,8-9,11,13,19H,7,16H2,1-4H3. The zero-order valence-electron chi connectivity index (χ0n) is 13.0. The van der Waals surface area contributed by atoms with Gasteiger partial charge in [0.2, 0.25) is 0 Å². The van der Waals surface area contributed by atoms with Crippen LogP contribution in [0.1, 0.15) is 45.7 Å². The van der Waals surface area contributed by atoms with Crippen molar-refractivity contribution in [2.24, 2.45) is 11.8 Å². The Hall–Kier alpha value is -1.50. The van der Waals surface area contributed by atoms with Crippen molar-refractivity contribution >= 4 is 5.52 Å². The van der Waals surface area contributed by atoms with Crippen LogP contribution in [0.15, 0.2) is 24.8 Å². The minimum atomic E-state index is -0.253. The molecule has 0 amide bonds. The normalized spacial score (nSPS) is 25.3. The number of rotatable bonds is 3. The molecule has 21 heavy (non-hydrogen) atoms. The lowest BCUT2D eigenvalue weighted by atomic mass is 9.79. The number of hydrogen-bond acceptors (Lipinski definition) is 5. The smallest absolute Gasteiger partial charge is 0.0893 e. The second kappa shape index (κ2) is 4.76. The molecule has 3 heterocycles. The summed E-state index contributed by atoms with van der Waals surface area (Å²) in [6, 6.07) is -0.0246. The van der Waals surface area contributed by atoms with Gasteiger partial charge >= 0.3 is 0 Å². The zero-order chi connectivity index (χ0) is 15.3. The van der Waals surface area contributed by atoms with Gasteiger partial charge in [-0.25, -0.2) is 4.52 Å². The molecule has 0 aliphatic carbocycles. The third kappa shape index (κ3) is 2.43. The van der Waals surface area contributed by atoms with Crippen molar-refractivity contribution in [2.45, 2.75) is 51.4 Å². The van der Waals surface area contributed by atoms with Crippen molar-refractivity contribution in [3.63, 3.8) is 0 Å². The fourth-order valence-electron chi connectivity index (χ4n) is 3.64. The van der Waals surface area contributed by atoms with Crippen molar-refractivity contribution in [3.05, 3.63) is 30.4 Å². The van der Waals surface area contributed by atoms with Gasteiger partial charge in [-0.15, -0.1) is 0 Å². The highest BCUT2D eigenvalue weighted by molar-refractivity contribution is 5.53. The molecule has 3 rings (SSSR count). The topological polar surface area (TPSA) is 77.5 Å². The Morgan fingerprint density at radius 3 is 2.76 bits per heavy atom. The molecule has 114 valence electrons. The number of hydrazine groups is 1. The van der Waals surface area contributed by atoms with Gasteiger partial charge in [-0.1, -0.05) is 0 Å². The molecule has 0 aromatic carbocycles. The number of hydrogen-bond donors (Lipinski definition) is 2. The molecule has 0 radical (unpaired) electrons. The molecule has 1 fully saturated rings. The summed E-state index contributed by atoms with van der Waals surface area (Å²) in [4.78, 5) is 4.19. The van der Waals surface area contributed by atoms with Crippen molar-refractivity contribution < 1.29 is 4.74 Å². The maximum absolute atomic E-state index is 6.20. The Kier molecular flexibility index (Phi) is 3.27. The zero-order valence-corrected chi connectivity index (χ0v) is 13.0. The van der Waals surface area contributed by atoms with Crippen LogP contribution in [-0.4, -0.2) is 25.8 Å². The summed E-state index contributed by atoms with van der Waals surface area (Å²) in [5.41, 5.74) is 4.60. The quantitative estimate of drug-likeness (QED) is 0.666. The first kappa shape index (κ1) is 14.4. The van der Waals surface area contributed by atoms with E-state index in [1.807, 2.05) is 23.1 Å². The summed E-state index contributed by atoms with van der Waals surface area (Å²) in [5, 5.41) is 4.38. The van der Waals surface area contributed by atoms with Crippen LogP contribution < -0.4 is 11.3 Å². The molecular weight excluding hydrogens is 266 g/mol. The van der Waals surface area contributed by atoms with E-state index in [1.54, 1.807) is 6.20 Å². The predicted molar refractivity (Wildman–Crippen MR) is 80.4 cm³/mol. The summed E-state index contributed by atoms with van der Waals surface area (Å²) in [7, 11) is 0. The summed E-state index contributed by atoms with van der Waals surface area (Å²) in [6.07, 6.45) is 8.18.